The standard InChI is InChI=1S/C25H26N2O3/c1-19(2)18-30-23-15-13-20(14-16-23)17-26-27-24(28)25(29,21-9-5-3-6-10-21)22-11-7-4-8-12-22/h3-17,19,29H,18H2,1-2H3,(H,27,28). The van der Waals surface area contributed by atoms with Crippen molar-refractivity contribution < 1.29 is 14.6 Å². The van der Waals surface area contributed by atoms with Crippen molar-refractivity contribution in [1.82, 2.24) is 5.43 Å². The van der Waals surface area contributed by atoms with Gasteiger partial charge in [-0.2, -0.15) is 5.10 Å². The van der Waals surface area contributed by atoms with E-state index < -0.39 is 11.5 Å². The van der Waals surface area contributed by atoms with Crippen LogP contribution in [0.2, 0.25) is 0 Å². The van der Waals surface area contributed by atoms with Crippen LogP contribution in [0, 0.1) is 5.92 Å². The summed E-state index contributed by atoms with van der Waals surface area (Å²) in [7, 11) is 0. The summed E-state index contributed by atoms with van der Waals surface area (Å²) in [5.41, 5.74) is 2.36. The third kappa shape index (κ3) is 5.13. The van der Waals surface area contributed by atoms with Crippen LogP contribution in [0.15, 0.2) is 90.0 Å². The minimum absolute atomic E-state index is 0.453. The Morgan fingerprint density at radius 3 is 2.00 bits per heavy atom. The van der Waals surface area contributed by atoms with Crippen molar-refractivity contribution >= 4 is 12.1 Å². The Kier molecular flexibility index (Phi) is 6.99. The molecular formula is C25H26N2O3. The number of benzene rings is 3. The molecular weight excluding hydrogens is 376 g/mol. The fraction of sp³-hybridized carbons (Fsp3) is 0.200. The number of rotatable bonds is 8. The topological polar surface area (TPSA) is 70.9 Å². The first-order chi connectivity index (χ1) is 14.5. The van der Waals surface area contributed by atoms with E-state index in [-0.39, 0.29) is 0 Å². The van der Waals surface area contributed by atoms with E-state index in [0.29, 0.717) is 23.7 Å². The molecule has 0 aliphatic heterocycles. The van der Waals surface area contributed by atoms with Gasteiger partial charge in [0.15, 0.2) is 5.60 Å². The van der Waals surface area contributed by atoms with Crippen LogP contribution in [0.3, 0.4) is 0 Å². The van der Waals surface area contributed by atoms with Crippen molar-refractivity contribution in [2.45, 2.75) is 19.4 Å². The zero-order chi connectivity index (χ0) is 21.4. The smallest absolute Gasteiger partial charge is 0.281 e. The number of ether oxygens (including phenoxy) is 1. The average molecular weight is 402 g/mol. The van der Waals surface area contributed by atoms with E-state index in [0.717, 1.165) is 11.3 Å². The Morgan fingerprint density at radius 1 is 0.967 bits per heavy atom. The fourth-order valence-electron chi connectivity index (χ4n) is 2.95. The highest BCUT2D eigenvalue weighted by atomic mass is 16.5. The maximum absolute atomic E-state index is 13.0. The van der Waals surface area contributed by atoms with Crippen LogP contribution in [0.4, 0.5) is 0 Å². The molecule has 0 aliphatic carbocycles. The van der Waals surface area contributed by atoms with Crippen molar-refractivity contribution in [2.75, 3.05) is 6.61 Å². The highest BCUT2D eigenvalue weighted by Crippen LogP contribution is 2.29. The molecule has 0 fully saturated rings. The molecule has 3 rings (SSSR count). The number of nitrogens with one attached hydrogen (secondary N) is 1. The molecule has 0 aliphatic rings. The first-order valence-corrected chi connectivity index (χ1v) is 9.90. The van der Waals surface area contributed by atoms with Crippen molar-refractivity contribution in [3.05, 3.63) is 102 Å². The van der Waals surface area contributed by atoms with Gasteiger partial charge in [-0.15, -0.1) is 0 Å². The normalized spacial score (nSPS) is 11.6. The van der Waals surface area contributed by atoms with Crippen LogP contribution in [-0.4, -0.2) is 23.8 Å². The fourth-order valence-corrected chi connectivity index (χ4v) is 2.95. The highest BCUT2D eigenvalue weighted by molar-refractivity contribution is 5.91. The van der Waals surface area contributed by atoms with E-state index in [2.05, 4.69) is 24.4 Å². The third-order valence-corrected chi connectivity index (χ3v) is 4.55. The molecule has 30 heavy (non-hydrogen) atoms. The number of hydrogen-bond donors (Lipinski definition) is 2. The van der Waals surface area contributed by atoms with Gasteiger partial charge in [-0.3, -0.25) is 4.79 Å². The maximum atomic E-state index is 13.0. The minimum Gasteiger partial charge on any atom is -0.493 e. The van der Waals surface area contributed by atoms with Crippen molar-refractivity contribution in [3.63, 3.8) is 0 Å². The van der Waals surface area contributed by atoms with Crippen molar-refractivity contribution in [1.29, 1.82) is 0 Å². The Labute approximate surface area is 177 Å². The second kappa shape index (κ2) is 9.85. The second-order valence-electron chi connectivity index (χ2n) is 7.42. The third-order valence-electron chi connectivity index (χ3n) is 4.55. The van der Waals surface area contributed by atoms with Crippen LogP contribution in [0.1, 0.15) is 30.5 Å². The lowest BCUT2D eigenvalue weighted by Gasteiger charge is -2.27. The lowest BCUT2D eigenvalue weighted by atomic mass is 9.85. The Balaban J connectivity index is 1.74. The van der Waals surface area contributed by atoms with E-state index in [4.69, 9.17) is 4.74 Å². The molecule has 1 amide bonds. The molecule has 0 saturated carbocycles. The number of amides is 1. The van der Waals surface area contributed by atoms with Crippen LogP contribution >= 0.6 is 0 Å². The van der Waals surface area contributed by atoms with Crippen LogP contribution < -0.4 is 10.2 Å². The van der Waals surface area contributed by atoms with E-state index in [1.54, 1.807) is 48.5 Å². The molecule has 5 heteroatoms. The number of aliphatic hydroxyl groups is 1. The van der Waals surface area contributed by atoms with Gasteiger partial charge in [-0.25, -0.2) is 5.43 Å². The average Bonchev–Trinajstić information content (AvgIpc) is 2.79. The lowest BCUT2D eigenvalue weighted by Crippen LogP contribution is -2.43. The predicted molar refractivity (Wildman–Crippen MR) is 118 cm³/mol. The Bertz CT molecular complexity index is 929. The van der Waals surface area contributed by atoms with Crippen LogP contribution in [0.5, 0.6) is 5.75 Å². The number of carbonyl (C=O) groups excluding carboxylic acids is 1. The molecule has 3 aromatic carbocycles. The number of hydrogen-bond acceptors (Lipinski definition) is 4. The van der Waals surface area contributed by atoms with Gasteiger partial charge in [0.1, 0.15) is 5.75 Å². The summed E-state index contributed by atoms with van der Waals surface area (Å²) in [6.07, 6.45) is 1.53. The molecule has 3 aromatic rings. The summed E-state index contributed by atoms with van der Waals surface area (Å²) in [5, 5.41) is 15.4. The molecule has 0 heterocycles. The molecule has 0 radical (unpaired) electrons. The van der Waals surface area contributed by atoms with Gasteiger partial charge in [-0.05, 0) is 46.9 Å². The number of nitrogens with zero attached hydrogens (tertiary/aromatic N) is 1. The van der Waals surface area contributed by atoms with E-state index in [1.165, 1.54) is 6.21 Å². The van der Waals surface area contributed by atoms with Gasteiger partial charge in [-0.1, -0.05) is 74.5 Å². The zero-order valence-corrected chi connectivity index (χ0v) is 17.2. The van der Waals surface area contributed by atoms with E-state index in [1.807, 2.05) is 36.4 Å². The monoisotopic (exact) mass is 402 g/mol. The van der Waals surface area contributed by atoms with Crippen LogP contribution in [-0.2, 0) is 10.4 Å². The van der Waals surface area contributed by atoms with Gasteiger partial charge >= 0.3 is 0 Å². The molecule has 2 N–H and O–H groups in total. The molecule has 154 valence electrons. The SMILES string of the molecule is CC(C)COc1ccc(C=NNC(=O)C(O)(c2ccccc2)c2ccccc2)cc1. The summed E-state index contributed by atoms with van der Waals surface area (Å²) in [4.78, 5) is 13.0. The van der Waals surface area contributed by atoms with Gasteiger partial charge in [0.2, 0.25) is 0 Å². The molecule has 0 aromatic heterocycles. The lowest BCUT2D eigenvalue weighted by molar-refractivity contribution is -0.136. The predicted octanol–water partition coefficient (Wildman–Crippen LogP) is 4.11. The quantitative estimate of drug-likeness (QED) is 0.440. The molecule has 0 unspecified atom stereocenters. The summed E-state index contributed by atoms with van der Waals surface area (Å²) < 4.78 is 5.66. The zero-order valence-electron chi connectivity index (χ0n) is 17.2. The summed E-state index contributed by atoms with van der Waals surface area (Å²) in [6.45, 7) is 4.84. The maximum Gasteiger partial charge on any atom is 0.281 e. The van der Waals surface area contributed by atoms with Gasteiger partial charge < -0.3 is 9.84 Å². The summed E-state index contributed by atoms with van der Waals surface area (Å²) >= 11 is 0. The van der Waals surface area contributed by atoms with Gasteiger partial charge in [0.25, 0.3) is 5.91 Å². The highest BCUT2D eigenvalue weighted by Gasteiger charge is 2.39. The molecule has 5 nitrogen and oxygen atoms in total. The number of hydrazone groups is 1. The molecule has 0 bridgehead atoms. The molecule has 0 saturated heterocycles. The van der Waals surface area contributed by atoms with Gasteiger partial charge in [0, 0.05) is 0 Å². The minimum atomic E-state index is -1.85. The van der Waals surface area contributed by atoms with Gasteiger partial charge in [0.05, 0.1) is 12.8 Å². The van der Waals surface area contributed by atoms with Crippen LogP contribution in [0.25, 0.3) is 0 Å². The van der Waals surface area contributed by atoms with E-state index in [9.17, 15) is 9.90 Å². The number of carbonyl (C=O) groups is 1. The first-order valence-electron chi connectivity index (χ1n) is 9.90. The Morgan fingerprint density at radius 2 is 1.50 bits per heavy atom. The Hall–Kier alpha value is -3.44. The van der Waals surface area contributed by atoms with Crippen molar-refractivity contribution in [2.24, 2.45) is 11.0 Å². The van der Waals surface area contributed by atoms with Crippen molar-refractivity contribution in [3.8, 4) is 5.75 Å². The summed E-state index contributed by atoms with van der Waals surface area (Å²) in [5.74, 6) is 0.606. The van der Waals surface area contributed by atoms with E-state index >= 15 is 0 Å². The molecule has 0 spiro atoms. The second-order valence-corrected chi connectivity index (χ2v) is 7.42. The summed E-state index contributed by atoms with van der Waals surface area (Å²) in [6, 6.07) is 25.1. The first kappa shape index (κ1) is 21.3. The molecule has 0 atom stereocenters. The largest absolute Gasteiger partial charge is 0.493 e.